The molecular formula is C16H22ClN3S. The van der Waals surface area contributed by atoms with Gasteiger partial charge in [-0.2, -0.15) is 0 Å². The van der Waals surface area contributed by atoms with E-state index < -0.39 is 0 Å². The average Bonchev–Trinajstić information content (AvgIpc) is 2.97. The SMILES string of the molecule is CCc1cc2c(N(CCCl)C3CCCCC3)ncnc2s1. The van der Waals surface area contributed by atoms with Gasteiger partial charge in [0.15, 0.2) is 0 Å². The lowest BCUT2D eigenvalue weighted by atomic mass is 9.94. The number of alkyl halides is 1. The number of fused-ring (bicyclic) bond motifs is 1. The Morgan fingerprint density at radius 2 is 2.10 bits per heavy atom. The van der Waals surface area contributed by atoms with Crippen molar-refractivity contribution in [1.29, 1.82) is 0 Å². The molecule has 0 saturated heterocycles. The number of halogens is 1. The Hall–Kier alpha value is -0.870. The molecule has 1 saturated carbocycles. The summed E-state index contributed by atoms with van der Waals surface area (Å²) in [5.41, 5.74) is 0. The zero-order valence-corrected chi connectivity index (χ0v) is 14.1. The van der Waals surface area contributed by atoms with Gasteiger partial charge >= 0.3 is 0 Å². The van der Waals surface area contributed by atoms with Crippen LogP contribution in [0, 0.1) is 0 Å². The molecule has 0 N–H and O–H groups in total. The van der Waals surface area contributed by atoms with Gasteiger partial charge in [-0.3, -0.25) is 0 Å². The molecule has 0 radical (unpaired) electrons. The molecule has 2 aromatic heterocycles. The Morgan fingerprint density at radius 3 is 2.81 bits per heavy atom. The molecule has 21 heavy (non-hydrogen) atoms. The van der Waals surface area contributed by atoms with Gasteiger partial charge in [-0.25, -0.2) is 9.97 Å². The van der Waals surface area contributed by atoms with E-state index in [1.54, 1.807) is 17.7 Å². The molecule has 0 atom stereocenters. The predicted octanol–water partition coefficient (Wildman–Crippen LogP) is 4.63. The minimum atomic E-state index is 0.584. The minimum absolute atomic E-state index is 0.584. The van der Waals surface area contributed by atoms with E-state index in [9.17, 15) is 0 Å². The maximum absolute atomic E-state index is 6.07. The number of hydrogen-bond donors (Lipinski definition) is 0. The maximum atomic E-state index is 6.07. The molecule has 0 aliphatic heterocycles. The quantitative estimate of drug-likeness (QED) is 0.751. The molecule has 0 aromatic carbocycles. The fourth-order valence-corrected chi connectivity index (χ4v) is 4.35. The van der Waals surface area contributed by atoms with Crippen LogP contribution in [-0.4, -0.2) is 28.4 Å². The Balaban J connectivity index is 1.99. The summed E-state index contributed by atoms with van der Waals surface area (Å²) in [7, 11) is 0. The van der Waals surface area contributed by atoms with Crippen molar-refractivity contribution in [2.24, 2.45) is 0 Å². The van der Waals surface area contributed by atoms with Gasteiger partial charge in [0, 0.05) is 23.3 Å². The van der Waals surface area contributed by atoms with Crippen molar-refractivity contribution in [3.05, 3.63) is 17.3 Å². The van der Waals surface area contributed by atoms with Crippen LogP contribution in [0.2, 0.25) is 0 Å². The Kier molecular flexibility index (Phi) is 4.96. The highest BCUT2D eigenvalue weighted by Gasteiger charge is 2.24. The van der Waals surface area contributed by atoms with Crippen molar-refractivity contribution in [2.75, 3.05) is 17.3 Å². The van der Waals surface area contributed by atoms with Crippen LogP contribution in [0.1, 0.15) is 43.9 Å². The molecule has 3 nitrogen and oxygen atoms in total. The largest absolute Gasteiger partial charge is 0.352 e. The molecule has 1 aliphatic rings. The average molecular weight is 324 g/mol. The maximum Gasteiger partial charge on any atom is 0.141 e. The van der Waals surface area contributed by atoms with Gasteiger partial charge in [0.25, 0.3) is 0 Å². The Labute approximate surface area is 135 Å². The van der Waals surface area contributed by atoms with E-state index in [-0.39, 0.29) is 0 Å². The lowest BCUT2D eigenvalue weighted by Crippen LogP contribution is -2.39. The van der Waals surface area contributed by atoms with E-state index in [0.29, 0.717) is 11.9 Å². The number of aromatic nitrogens is 2. The van der Waals surface area contributed by atoms with Crippen LogP contribution in [0.4, 0.5) is 5.82 Å². The van der Waals surface area contributed by atoms with E-state index in [1.807, 2.05) is 0 Å². The molecule has 1 aliphatic carbocycles. The first-order valence-corrected chi connectivity index (χ1v) is 9.24. The highest BCUT2D eigenvalue weighted by molar-refractivity contribution is 7.18. The van der Waals surface area contributed by atoms with Gasteiger partial charge in [-0.15, -0.1) is 22.9 Å². The third-order valence-electron chi connectivity index (χ3n) is 4.32. The van der Waals surface area contributed by atoms with Crippen LogP contribution in [0.25, 0.3) is 10.2 Å². The molecule has 0 unspecified atom stereocenters. The fourth-order valence-electron chi connectivity index (χ4n) is 3.24. The highest BCUT2D eigenvalue weighted by Crippen LogP contribution is 2.34. The van der Waals surface area contributed by atoms with Crippen LogP contribution in [0.3, 0.4) is 0 Å². The lowest BCUT2D eigenvalue weighted by Gasteiger charge is -2.35. The summed E-state index contributed by atoms with van der Waals surface area (Å²) >= 11 is 7.85. The zero-order chi connectivity index (χ0) is 14.7. The first-order chi connectivity index (χ1) is 10.3. The number of anilines is 1. The second-order valence-electron chi connectivity index (χ2n) is 5.66. The van der Waals surface area contributed by atoms with Gasteiger partial charge in [-0.1, -0.05) is 26.2 Å². The van der Waals surface area contributed by atoms with Gasteiger partial charge < -0.3 is 4.90 Å². The van der Waals surface area contributed by atoms with E-state index in [0.717, 1.165) is 23.6 Å². The smallest absolute Gasteiger partial charge is 0.141 e. The van der Waals surface area contributed by atoms with Gasteiger partial charge in [-0.05, 0) is 25.3 Å². The molecule has 3 rings (SSSR count). The number of nitrogens with zero attached hydrogens (tertiary/aromatic N) is 3. The third-order valence-corrected chi connectivity index (χ3v) is 5.68. The highest BCUT2D eigenvalue weighted by atomic mass is 35.5. The van der Waals surface area contributed by atoms with Crippen molar-refractivity contribution in [3.63, 3.8) is 0 Å². The summed E-state index contributed by atoms with van der Waals surface area (Å²) in [5, 5.41) is 1.20. The van der Waals surface area contributed by atoms with Gasteiger partial charge in [0.2, 0.25) is 0 Å². The summed E-state index contributed by atoms with van der Waals surface area (Å²) < 4.78 is 0. The normalized spacial score (nSPS) is 16.5. The van der Waals surface area contributed by atoms with Crippen molar-refractivity contribution < 1.29 is 0 Å². The van der Waals surface area contributed by atoms with E-state index >= 15 is 0 Å². The Bertz CT molecular complexity index is 592. The van der Waals surface area contributed by atoms with Crippen LogP contribution in [0.5, 0.6) is 0 Å². The molecule has 2 aromatic rings. The van der Waals surface area contributed by atoms with Crippen LogP contribution >= 0.6 is 22.9 Å². The van der Waals surface area contributed by atoms with Crippen molar-refractivity contribution in [3.8, 4) is 0 Å². The van der Waals surface area contributed by atoms with E-state index in [4.69, 9.17) is 11.6 Å². The topological polar surface area (TPSA) is 29.0 Å². The molecule has 5 heteroatoms. The minimum Gasteiger partial charge on any atom is -0.352 e. The molecule has 0 spiro atoms. The lowest BCUT2D eigenvalue weighted by molar-refractivity contribution is 0.417. The fraction of sp³-hybridized carbons (Fsp3) is 0.625. The second-order valence-corrected chi connectivity index (χ2v) is 7.15. The van der Waals surface area contributed by atoms with Crippen LogP contribution in [0.15, 0.2) is 12.4 Å². The molecule has 114 valence electrons. The van der Waals surface area contributed by atoms with Crippen molar-refractivity contribution in [1.82, 2.24) is 9.97 Å². The summed E-state index contributed by atoms with van der Waals surface area (Å²) in [6.45, 7) is 3.06. The van der Waals surface area contributed by atoms with Crippen LogP contribution < -0.4 is 4.90 Å². The van der Waals surface area contributed by atoms with Crippen LogP contribution in [-0.2, 0) is 6.42 Å². The summed E-state index contributed by atoms with van der Waals surface area (Å²) in [4.78, 5) is 14.0. The molecule has 0 bridgehead atoms. The molecule has 1 fully saturated rings. The molecule has 0 amide bonds. The standard InChI is InChI=1S/C16H22ClN3S/c1-2-13-10-14-15(18-11-19-16(14)21-13)20(9-8-17)12-6-4-3-5-7-12/h10-12H,2-9H2,1H3. The number of thiophene rings is 1. The predicted molar refractivity (Wildman–Crippen MR) is 91.7 cm³/mol. The van der Waals surface area contributed by atoms with Crippen molar-refractivity contribution in [2.45, 2.75) is 51.5 Å². The van der Waals surface area contributed by atoms with Crippen molar-refractivity contribution >= 4 is 39.0 Å². The first-order valence-electron chi connectivity index (χ1n) is 7.89. The third kappa shape index (κ3) is 3.16. The number of rotatable bonds is 5. The van der Waals surface area contributed by atoms with Gasteiger partial charge in [0.05, 0.1) is 5.39 Å². The zero-order valence-electron chi connectivity index (χ0n) is 12.5. The van der Waals surface area contributed by atoms with E-state index in [2.05, 4.69) is 27.9 Å². The van der Waals surface area contributed by atoms with Gasteiger partial charge in [0.1, 0.15) is 17.0 Å². The first kappa shape index (κ1) is 15.0. The number of hydrogen-bond acceptors (Lipinski definition) is 4. The monoisotopic (exact) mass is 323 g/mol. The van der Waals surface area contributed by atoms with E-state index in [1.165, 1.54) is 42.4 Å². The Morgan fingerprint density at radius 1 is 1.29 bits per heavy atom. The summed E-state index contributed by atoms with van der Waals surface area (Å²) in [5.74, 6) is 1.73. The summed E-state index contributed by atoms with van der Waals surface area (Å²) in [6.07, 6.45) is 9.28. The molecule has 2 heterocycles. The second kappa shape index (κ2) is 6.93. The number of aryl methyl sites for hydroxylation is 1. The summed E-state index contributed by atoms with van der Waals surface area (Å²) in [6, 6.07) is 2.85. The molecular weight excluding hydrogens is 302 g/mol.